The maximum absolute atomic E-state index is 12.1. The minimum atomic E-state index is -3.40. The third kappa shape index (κ3) is 3.78. The number of nitrogens with one attached hydrogen (secondary N) is 1. The summed E-state index contributed by atoms with van der Waals surface area (Å²) in [6.45, 7) is 1.94. The zero-order chi connectivity index (χ0) is 13.0. The molecule has 0 atom stereocenters. The lowest BCUT2D eigenvalue weighted by Crippen LogP contribution is -2.32. The highest BCUT2D eigenvalue weighted by atomic mass is 79.9. The lowest BCUT2D eigenvalue weighted by atomic mass is 10.0. The Balaban J connectivity index is 1.98. The molecule has 18 heavy (non-hydrogen) atoms. The molecule has 1 aliphatic rings. The molecule has 1 N–H and O–H groups in total. The van der Waals surface area contributed by atoms with Crippen LogP contribution < -0.4 is 4.72 Å². The second-order valence-electron chi connectivity index (χ2n) is 4.37. The van der Waals surface area contributed by atoms with E-state index in [-0.39, 0.29) is 0 Å². The van der Waals surface area contributed by atoms with Crippen LogP contribution in [-0.2, 0) is 14.8 Å². The van der Waals surface area contributed by atoms with Crippen molar-refractivity contribution in [2.24, 2.45) is 5.92 Å². The van der Waals surface area contributed by atoms with Gasteiger partial charge in [0.25, 0.3) is 0 Å². The second-order valence-corrected chi connectivity index (χ2v) is 7.05. The van der Waals surface area contributed by atoms with E-state index in [1.807, 2.05) is 0 Å². The molecule has 0 aromatic heterocycles. The molecule has 6 heteroatoms. The summed E-state index contributed by atoms with van der Waals surface area (Å²) in [6, 6.07) is 6.72. The van der Waals surface area contributed by atoms with Crippen molar-refractivity contribution in [3.8, 4) is 0 Å². The first kappa shape index (κ1) is 14.0. The van der Waals surface area contributed by atoms with E-state index >= 15 is 0 Å². The Kier molecular flexibility index (Phi) is 4.77. The molecule has 4 nitrogen and oxygen atoms in total. The molecule has 0 saturated carbocycles. The molecule has 0 aliphatic carbocycles. The minimum Gasteiger partial charge on any atom is -0.381 e. The van der Waals surface area contributed by atoms with Crippen molar-refractivity contribution >= 4 is 26.0 Å². The van der Waals surface area contributed by atoms with E-state index in [9.17, 15) is 8.42 Å². The Morgan fingerprint density at radius 1 is 1.33 bits per heavy atom. The zero-order valence-corrected chi connectivity index (χ0v) is 12.3. The van der Waals surface area contributed by atoms with Gasteiger partial charge in [0.15, 0.2) is 0 Å². The van der Waals surface area contributed by atoms with Crippen LogP contribution in [0.3, 0.4) is 0 Å². The molecule has 0 radical (unpaired) electrons. The minimum absolute atomic E-state index is 0.295. The fourth-order valence-electron chi connectivity index (χ4n) is 1.90. The van der Waals surface area contributed by atoms with Crippen LogP contribution in [0, 0.1) is 5.92 Å². The van der Waals surface area contributed by atoms with Crippen LogP contribution in [0.5, 0.6) is 0 Å². The first-order valence-corrected chi connectivity index (χ1v) is 8.18. The van der Waals surface area contributed by atoms with Crippen LogP contribution in [0.2, 0.25) is 0 Å². The van der Waals surface area contributed by atoms with Gasteiger partial charge in [-0.3, -0.25) is 0 Å². The van der Waals surface area contributed by atoms with Gasteiger partial charge in [-0.05, 0) is 37.0 Å². The quantitative estimate of drug-likeness (QED) is 0.918. The van der Waals surface area contributed by atoms with E-state index in [1.54, 1.807) is 24.3 Å². The van der Waals surface area contributed by atoms with Gasteiger partial charge in [0.05, 0.1) is 4.90 Å². The van der Waals surface area contributed by atoms with Gasteiger partial charge in [0, 0.05) is 24.2 Å². The normalized spacial score (nSPS) is 17.8. The van der Waals surface area contributed by atoms with Crippen LogP contribution in [0.15, 0.2) is 33.6 Å². The number of rotatable bonds is 4. The summed E-state index contributed by atoms with van der Waals surface area (Å²) in [4.78, 5) is 0.295. The van der Waals surface area contributed by atoms with Gasteiger partial charge >= 0.3 is 0 Å². The highest BCUT2D eigenvalue weighted by Crippen LogP contribution is 2.17. The fraction of sp³-hybridized carbons (Fsp3) is 0.500. The Hall–Kier alpha value is -0.430. The fourth-order valence-corrected chi connectivity index (χ4v) is 3.61. The Labute approximate surface area is 116 Å². The first-order valence-electron chi connectivity index (χ1n) is 5.91. The molecule has 0 spiro atoms. The highest BCUT2D eigenvalue weighted by molar-refractivity contribution is 9.10. The van der Waals surface area contributed by atoms with E-state index in [4.69, 9.17) is 4.74 Å². The second kappa shape index (κ2) is 6.14. The summed E-state index contributed by atoms with van der Waals surface area (Å²) in [5, 5.41) is 0. The summed E-state index contributed by atoms with van der Waals surface area (Å²) < 4.78 is 32.8. The van der Waals surface area contributed by atoms with Gasteiger partial charge in [-0.15, -0.1) is 0 Å². The van der Waals surface area contributed by atoms with E-state index < -0.39 is 10.0 Å². The third-order valence-electron chi connectivity index (χ3n) is 3.01. The Bertz CT molecular complexity index is 498. The number of halogens is 1. The summed E-state index contributed by atoms with van der Waals surface area (Å²) in [7, 11) is -3.40. The van der Waals surface area contributed by atoms with Crippen molar-refractivity contribution in [2.45, 2.75) is 17.7 Å². The third-order valence-corrected chi connectivity index (χ3v) is 4.92. The monoisotopic (exact) mass is 333 g/mol. The number of hydrogen-bond donors (Lipinski definition) is 1. The van der Waals surface area contributed by atoms with Crippen LogP contribution in [0.1, 0.15) is 12.8 Å². The van der Waals surface area contributed by atoms with E-state index in [0.29, 0.717) is 17.4 Å². The summed E-state index contributed by atoms with van der Waals surface area (Å²) in [5.74, 6) is 0.376. The van der Waals surface area contributed by atoms with Crippen LogP contribution >= 0.6 is 15.9 Å². The molecular formula is C12H16BrNO3S. The molecule has 1 saturated heterocycles. The van der Waals surface area contributed by atoms with Crippen molar-refractivity contribution in [3.05, 3.63) is 28.7 Å². The molecule has 0 unspecified atom stereocenters. The predicted molar refractivity (Wildman–Crippen MR) is 72.9 cm³/mol. The maximum atomic E-state index is 12.1. The summed E-state index contributed by atoms with van der Waals surface area (Å²) >= 11 is 3.27. The summed E-state index contributed by atoms with van der Waals surface area (Å²) in [5.41, 5.74) is 0. The highest BCUT2D eigenvalue weighted by Gasteiger charge is 2.19. The number of hydrogen-bond acceptors (Lipinski definition) is 3. The zero-order valence-electron chi connectivity index (χ0n) is 9.93. The van der Waals surface area contributed by atoms with Gasteiger partial charge in [-0.2, -0.15) is 0 Å². The van der Waals surface area contributed by atoms with E-state index in [2.05, 4.69) is 20.7 Å². The molecule has 1 aliphatic heterocycles. The molecule has 1 fully saturated rings. The SMILES string of the molecule is O=S(=O)(NCC1CCOCC1)c1cccc(Br)c1. The number of sulfonamides is 1. The molecule has 0 amide bonds. The van der Waals surface area contributed by atoms with Crippen molar-refractivity contribution in [1.29, 1.82) is 0 Å². The van der Waals surface area contributed by atoms with Crippen molar-refractivity contribution in [3.63, 3.8) is 0 Å². The Morgan fingerprint density at radius 3 is 2.72 bits per heavy atom. The van der Waals surface area contributed by atoms with Crippen molar-refractivity contribution in [2.75, 3.05) is 19.8 Å². The smallest absolute Gasteiger partial charge is 0.240 e. The topological polar surface area (TPSA) is 55.4 Å². The van der Waals surface area contributed by atoms with Gasteiger partial charge in [-0.1, -0.05) is 22.0 Å². The van der Waals surface area contributed by atoms with Gasteiger partial charge in [0.2, 0.25) is 10.0 Å². The van der Waals surface area contributed by atoms with Gasteiger partial charge in [-0.25, -0.2) is 13.1 Å². The molecule has 2 rings (SSSR count). The average Bonchev–Trinajstić information content (AvgIpc) is 2.38. The van der Waals surface area contributed by atoms with Crippen LogP contribution in [0.4, 0.5) is 0 Å². The van der Waals surface area contributed by atoms with Gasteiger partial charge in [0.1, 0.15) is 0 Å². The van der Waals surface area contributed by atoms with Crippen LogP contribution in [-0.4, -0.2) is 28.2 Å². The lowest BCUT2D eigenvalue weighted by molar-refractivity contribution is 0.0678. The lowest BCUT2D eigenvalue weighted by Gasteiger charge is -2.22. The number of ether oxygens (including phenoxy) is 1. The van der Waals surface area contributed by atoms with Crippen LogP contribution in [0.25, 0.3) is 0 Å². The molecular weight excluding hydrogens is 318 g/mol. The maximum Gasteiger partial charge on any atom is 0.240 e. The molecule has 1 aromatic rings. The summed E-state index contributed by atoms with van der Waals surface area (Å²) in [6.07, 6.45) is 1.84. The molecule has 1 heterocycles. The average molecular weight is 334 g/mol. The molecule has 0 bridgehead atoms. The van der Waals surface area contributed by atoms with E-state index in [0.717, 1.165) is 30.5 Å². The predicted octanol–water partition coefficient (Wildman–Crippen LogP) is 2.15. The van der Waals surface area contributed by atoms with Crippen molar-refractivity contribution in [1.82, 2.24) is 4.72 Å². The van der Waals surface area contributed by atoms with Crippen molar-refractivity contribution < 1.29 is 13.2 Å². The largest absolute Gasteiger partial charge is 0.381 e. The van der Waals surface area contributed by atoms with E-state index in [1.165, 1.54) is 0 Å². The molecule has 100 valence electrons. The molecule has 1 aromatic carbocycles. The first-order chi connectivity index (χ1) is 8.58. The Morgan fingerprint density at radius 2 is 2.06 bits per heavy atom. The van der Waals surface area contributed by atoms with Gasteiger partial charge < -0.3 is 4.74 Å². The standard InChI is InChI=1S/C12H16BrNO3S/c13-11-2-1-3-12(8-11)18(15,16)14-9-10-4-6-17-7-5-10/h1-3,8,10,14H,4-7,9H2. The number of benzene rings is 1.